The third kappa shape index (κ3) is 13.4. The summed E-state index contributed by atoms with van der Waals surface area (Å²) in [6.07, 6.45) is 19.2. The molecule has 0 aliphatic rings. The molecule has 0 aromatic heterocycles. The Morgan fingerprint density at radius 2 is 1.19 bits per heavy atom. The van der Waals surface area contributed by atoms with Crippen LogP contribution >= 0.6 is 0 Å². The molecular formula is C15H28O. The second-order valence-corrected chi connectivity index (χ2v) is 4.45. The minimum Gasteiger partial charge on any atom is -0.303 e. The number of hydrogen-bond acceptors (Lipinski definition) is 1. The second-order valence-electron chi connectivity index (χ2n) is 4.45. The molecule has 0 aromatic carbocycles. The van der Waals surface area contributed by atoms with Gasteiger partial charge in [-0.15, -0.1) is 0 Å². The molecule has 0 bridgehead atoms. The topological polar surface area (TPSA) is 17.1 Å². The van der Waals surface area contributed by atoms with E-state index in [4.69, 9.17) is 0 Å². The summed E-state index contributed by atoms with van der Waals surface area (Å²) in [6.45, 7) is 2.18. The molecule has 0 spiro atoms. The van der Waals surface area contributed by atoms with Crippen LogP contribution in [0.4, 0.5) is 0 Å². The summed E-state index contributed by atoms with van der Waals surface area (Å²) in [4.78, 5) is 10.1. The third-order valence-electron chi connectivity index (χ3n) is 2.85. The summed E-state index contributed by atoms with van der Waals surface area (Å²) in [5.74, 6) is 0. The van der Waals surface area contributed by atoms with E-state index in [0.717, 1.165) is 19.1 Å². The highest BCUT2D eigenvalue weighted by Gasteiger charge is 1.91. The quantitative estimate of drug-likeness (QED) is 0.257. The Bertz CT molecular complexity index is 161. The molecule has 16 heavy (non-hydrogen) atoms. The average Bonchev–Trinajstić information content (AvgIpc) is 2.31. The number of rotatable bonds is 12. The molecule has 0 aliphatic heterocycles. The number of allylic oxidation sites excluding steroid dienone is 2. The van der Waals surface area contributed by atoms with Gasteiger partial charge in [0.25, 0.3) is 0 Å². The number of carbonyl (C=O) groups excluding carboxylic acids is 1. The van der Waals surface area contributed by atoms with Crippen molar-refractivity contribution in [1.82, 2.24) is 0 Å². The molecule has 1 heteroatoms. The van der Waals surface area contributed by atoms with Crippen molar-refractivity contribution in [2.24, 2.45) is 0 Å². The Morgan fingerprint density at radius 1 is 0.688 bits per heavy atom. The van der Waals surface area contributed by atoms with Crippen molar-refractivity contribution in [1.29, 1.82) is 0 Å². The predicted octanol–water partition coefficient (Wildman–Crippen LogP) is 5.05. The van der Waals surface area contributed by atoms with E-state index in [2.05, 4.69) is 19.1 Å². The van der Waals surface area contributed by atoms with Gasteiger partial charge in [0.2, 0.25) is 0 Å². The highest BCUT2D eigenvalue weighted by Crippen LogP contribution is 2.10. The summed E-state index contributed by atoms with van der Waals surface area (Å²) in [5, 5.41) is 0. The molecule has 94 valence electrons. The van der Waals surface area contributed by atoms with Gasteiger partial charge in [0, 0.05) is 6.42 Å². The summed E-state index contributed by atoms with van der Waals surface area (Å²) in [5.41, 5.74) is 0. The zero-order valence-electron chi connectivity index (χ0n) is 10.9. The van der Waals surface area contributed by atoms with Crippen molar-refractivity contribution in [2.45, 2.75) is 77.6 Å². The van der Waals surface area contributed by atoms with E-state index < -0.39 is 0 Å². The maximum atomic E-state index is 10.1. The molecule has 0 heterocycles. The van der Waals surface area contributed by atoms with Gasteiger partial charge < -0.3 is 4.79 Å². The summed E-state index contributed by atoms with van der Waals surface area (Å²) < 4.78 is 0. The smallest absolute Gasteiger partial charge is 0.119 e. The predicted molar refractivity (Wildman–Crippen MR) is 71.7 cm³/mol. The van der Waals surface area contributed by atoms with Crippen LogP contribution in [0.2, 0.25) is 0 Å². The Morgan fingerprint density at radius 3 is 1.69 bits per heavy atom. The van der Waals surface area contributed by atoms with Crippen molar-refractivity contribution in [3.05, 3.63) is 12.2 Å². The Hall–Kier alpha value is -0.590. The molecule has 1 nitrogen and oxygen atoms in total. The van der Waals surface area contributed by atoms with E-state index in [-0.39, 0.29) is 0 Å². The molecule has 0 N–H and O–H groups in total. The highest BCUT2D eigenvalue weighted by atomic mass is 16.1. The molecule has 0 atom stereocenters. The maximum absolute atomic E-state index is 10.1. The molecular weight excluding hydrogens is 196 g/mol. The fourth-order valence-electron chi connectivity index (χ4n) is 1.84. The van der Waals surface area contributed by atoms with Crippen LogP contribution in [0, 0.1) is 0 Å². The normalized spacial score (nSPS) is 11.1. The zero-order chi connectivity index (χ0) is 11.9. The van der Waals surface area contributed by atoms with Crippen LogP contribution in [0.25, 0.3) is 0 Å². The lowest BCUT2D eigenvalue weighted by Crippen LogP contribution is -1.82. The molecule has 0 saturated carbocycles. The zero-order valence-corrected chi connectivity index (χ0v) is 10.9. The third-order valence-corrected chi connectivity index (χ3v) is 2.85. The Labute approximate surface area is 101 Å². The first-order valence-electron chi connectivity index (χ1n) is 7.00. The van der Waals surface area contributed by atoms with Crippen LogP contribution < -0.4 is 0 Å². The van der Waals surface area contributed by atoms with Crippen molar-refractivity contribution < 1.29 is 4.79 Å². The van der Waals surface area contributed by atoms with Crippen LogP contribution in [0.3, 0.4) is 0 Å². The van der Waals surface area contributed by atoms with Gasteiger partial charge in [-0.2, -0.15) is 0 Å². The molecule has 0 unspecified atom stereocenters. The second kappa shape index (κ2) is 14.4. The van der Waals surface area contributed by atoms with Gasteiger partial charge in [0.05, 0.1) is 0 Å². The maximum Gasteiger partial charge on any atom is 0.119 e. The fourth-order valence-corrected chi connectivity index (χ4v) is 1.84. The molecule has 0 fully saturated rings. The minimum atomic E-state index is 0.754. The van der Waals surface area contributed by atoms with Gasteiger partial charge >= 0.3 is 0 Å². The molecule has 0 rings (SSSR count). The minimum absolute atomic E-state index is 0.754. The fraction of sp³-hybridized carbons (Fsp3) is 0.800. The highest BCUT2D eigenvalue weighted by molar-refractivity contribution is 5.48. The van der Waals surface area contributed by atoms with Gasteiger partial charge in [-0.25, -0.2) is 0 Å². The summed E-state index contributed by atoms with van der Waals surface area (Å²) in [6, 6.07) is 0. The van der Waals surface area contributed by atoms with Crippen molar-refractivity contribution in [3.8, 4) is 0 Å². The van der Waals surface area contributed by atoms with E-state index in [1.165, 1.54) is 57.8 Å². The standard InChI is InChI=1S/C15H28O/c1-2-3-4-5-6-7-8-9-10-11-12-13-14-15-16/h3-4,15H,2,5-14H2,1H3/b4-3-. The van der Waals surface area contributed by atoms with Crippen LogP contribution in [-0.2, 0) is 4.79 Å². The number of unbranched alkanes of at least 4 members (excludes halogenated alkanes) is 9. The van der Waals surface area contributed by atoms with Crippen LogP contribution in [-0.4, -0.2) is 6.29 Å². The van der Waals surface area contributed by atoms with E-state index >= 15 is 0 Å². The van der Waals surface area contributed by atoms with Crippen molar-refractivity contribution in [3.63, 3.8) is 0 Å². The Kier molecular flexibility index (Phi) is 13.9. The van der Waals surface area contributed by atoms with E-state index in [0.29, 0.717) is 0 Å². The largest absolute Gasteiger partial charge is 0.303 e. The molecule has 0 saturated heterocycles. The molecule has 0 aromatic rings. The van der Waals surface area contributed by atoms with Gasteiger partial charge in [0.15, 0.2) is 0 Å². The van der Waals surface area contributed by atoms with E-state index in [1.54, 1.807) is 0 Å². The lowest BCUT2D eigenvalue weighted by Gasteiger charge is -2.00. The summed E-state index contributed by atoms with van der Waals surface area (Å²) >= 11 is 0. The van der Waals surface area contributed by atoms with Crippen LogP contribution in [0.1, 0.15) is 77.6 Å². The van der Waals surface area contributed by atoms with Gasteiger partial charge in [-0.3, -0.25) is 0 Å². The van der Waals surface area contributed by atoms with Crippen molar-refractivity contribution in [2.75, 3.05) is 0 Å². The lowest BCUT2D eigenvalue weighted by molar-refractivity contribution is -0.107. The number of aldehydes is 1. The molecule has 0 amide bonds. The first-order valence-corrected chi connectivity index (χ1v) is 7.00. The monoisotopic (exact) mass is 224 g/mol. The van der Waals surface area contributed by atoms with E-state index in [1.807, 2.05) is 0 Å². The molecule has 0 aliphatic carbocycles. The molecule has 0 radical (unpaired) electrons. The lowest BCUT2D eigenvalue weighted by atomic mass is 10.1. The van der Waals surface area contributed by atoms with Gasteiger partial charge in [0.1, 0.15) is 6.29 Å². The van der Waals surface area contributed by atoms with Crippen LogP contribution in [0.5, 0.6) is 0 Å². The number of carbonyl (C=O) groups is 1. The Balaban J connectivity index is 2.93. The van der Waals surface area contributed by atoms with Crippen LogP contribution in [0.15, 0.2) is 12.2 Å². The average molecular weight is 224 g/mol. The first kappa shape index (κ1) is 15.4. The first-order chi connectivity index (χ1) is 7.91. The SMILES string of the molecule is CC/C=C\CCCCCCCCCCC=O. The van der Waals surface area contributed by atoms with Crippen molar-refractivity contribution >= 4 is 6.29 Å². The van der Waals surface area contributed by atoms with Gasteiger partial charge in [-0.05, 0) is 25.7 Å². The number of hydrogen-bond donors (Lipinski definition) is 0. The summed E-state index contributed by atoms with van der Waals surface area (Å²) in [7, 11) is 0. The van der Waals surface area contributed by atoms with E-state index in [9.17, 15) is 4.79 Å². The van der Waals surface area contributed by atoms with Gasteiger partial charge in [-0.1, -0.05) is 57.6 Å².